The number of rotatable bonds is 4. The van der Waals surface area contributed by atoms with Gasteiger partial charge < -0.3 is 4.74 Å². The van der Waals surface area contributed by atoms with Crippen molar-refractivity contribution in [3.05, 3.63) is 46.5 Å². The van der Waals surface area contributed by atoms with E-state index in [2.05, 4.69) is 9.69 Å². The summed E-state index contributed by atoms with van der Waals surface area (Å²) in [5.74, 6) is 0. The van der Waals surface area contributed by atoms with Crippen LogP contribution in [0.15, 0.2) is 30.3 Å². The number of ether oxygens (including phenoxy) is 1. The Bertz CT molecular complexity index is 581. The second kappa shape index (κ2) is 6.52. The van der Waals surface area contributed by atoms with Crippen molar-refractivity contribution >= 4 is 23.3 Å². The Morgan fingerprint density at radius 2 is 2.10 bits per heavy atom. The van der Waals surface area contributed by atoms with Crippen molar-refractivity contribution in [3.8, 4) is 0 Å². The molecule has 0 saturated carbocycles. The first-order valence-electron chi connectivity index (χ1n) is 6.59. The molecule has 2 rings (SSSR count). The monoisotopic (exact) mass is 290 g/mol. The van der Waals surface area contributed by atoms with Gasteiger partial charge in [0.05, 0.1) is 11.4 Å². The van der Waals surface area contributed by atoms with Crippen molar-refractivity contribution in [3.63, 3.8) is 0 Å². The molecule has 1 amide bonds. The summed E-state index contributed by atoms with van der Waals surface area (Å²) in [6.07, 6.45) is 0.113. The van der Waals surface area contributed by atoms with Crippen molar-refractivity contribution in [2.45, 2.75) is 33.3 Å². The lowest BCUT2D eigenvalue weighted by Gasteiger charge is -2.14. The Balaban J connectivity index is 2.01. The normalized spacial score (nSPS) is 11.9. The van der Waals surface area contributed by atoms with Gasteiger partial charge >= 0.3 is 6.09 Å². The smallest absolute Gasteiger partial charge is 0.412 e. The molecule has 0 aliphatic rings. The molecule has 106 valence electrons. The number of nitrogens with zero attached hydrogens (tertiary/aromatic N) is 1. The molecule has 0 bridgehead atoms. The standard InChI is InChI=1S/C15H18N2O2S/c1-4-13-14(10(2)17-20-13)16-15(18)19-11(3)12-8-6-5-7-9-12/h5-9,11H,4H2,1-3H3,(H,16,18)/t11-/m1/s1. The third kappa shape index (κ3) is 3.36. The first-order chi connectivity index (χ1) is 9.61. The van der Waals surface area contributed by atoms with Gasteiger partial charge in [0.15, 0.2) is 0 Å². The summed E-state index contributed by atoms with van der Waals surface area (Å²) in [6, 6.07) is 9.66. The summed E-state index contributed by atoms with van der Waals surface area (Å²) < 4.78 is 9.64. The molecule has 4 nitrogen and oxygen atoms in total. The summed E-state index contributed by atoms with van der Waals surface area (Å²) in [4.78, 5) is 13.0. The van der Waals surface area contributed by atoms with Crippen LogP contribution in [0.1, 0.15) is 36.1 Å². The highest BCUT2D eigenvalue weighted by Crippen LogP contribution is 2.25. The van der Waals surface area contributed by atoms with Crippen LogP contribution in [0.2, 0.25) is 0 Å². The summed E-state index contributed by atoms with van der Waals surface area (Å²) in [5.41, 5.74) is 2.58. The SMILES string of the molecule is CCc1snc(C)c1NC(=O)O[C@H](C)c1ccccc1. The summed E-state index contributed by atoms with van der Waals surface area (Å²) in [6.45, 7) is 5.77. The Morgan fingerprint density at radius 1 is 1.40 bits per heavy atom. The van der Waals surface area contributed by atoms with Crippen LogP contribution in [0.25, 0.3) is 0 Å². The number of nitrogens with one attached hydrogen (secondary N) is 1. The Labute approximate surface area is 123 Å². The van der Waals surface area contributed by atoms with E-state index in [1.54, 1.807) is 0 Å². The minimum Gasteiger partial charge on any atom is -0.441 e. The van der Waals surface area contributed by atoms with E-state index in [-0.39, 0.29) is 6.10 Å². The van der Waals surface area contributed by atoms with Crippen LogP contribution in [-0.2, 0) is 11.2 Å². The average Bonchev–Trinajstić information content (AvgIpc) is 2.80. The van der Waals surface area contributed by atoms with Crippen molar-refractivity contribution in [1.82, 2.24) is 4.37 Å². The van der Waals surface area contributed by atoms with Gasteiger partial charge in [0.1, 0.15) is 6.10 Å². The van der Waals surface area contributed by atoms with Gasteiger partial charge in [-0.3, -0.25) is 5.32 Å². The number of hydrogen-bond acceptors (Lipinski definition) is 4. The molecule has 1 N–H and O–H groups in total. The minimum atomic E-state index is -0.445. The van der Waals surface area contributed by atoms with E-state index in [1.165, 1.54) is 11.5 Å². The number of carbonyl (C=O) groups is 1. The van der Waals surface area contributed by atoms with E-state index in [0.29, 0.717) is 0 Å². The number of hydrogen-bond donors (Lipinski definition) is 1. The predicted octanol–water partition coefficient (Wildman–Crippen LogP) is 4.32. The van der Waals surface area contributed by atoms with Gasteiger partial charge in [-0.15, -0.1) is 0 Å². The van der Waals surface area contributed by atoms with E-state index in [1.807, 2.05) is 51.1 Å². The van der Waals surface area contributed by atoms with E-state index < -0.39 is 6.09 Å². The molecule has 1 heterocycles. The molecular weight excluding hydrogens is 272 g/mol. The fourth-order valence-corrected chi connectivity index (χ4v) is 2.66. The van der Waals surface area contributed by atoms with Crippen molar-refractivity contribution < 1.29 is 9.53 Å². The molecule has 1 atom stereocenters. The summed E-state index contributed by atoms with van der Waals surface area (Å²) in [7, 11) is 0. The van der Waals surface area contributed by atoms with Crippen LogP contribution in [0.3, 0.4) is 0 Å². The molecular formula is C15H18N2O2S. The van der Waals surface area contributed by atoms with Gasteiger partial charge in [0, 0.05) is 4.88 Å². The third-order valence-electron chi connectivity index (χ3n) is 3.03. The Kier molecular flexibility index (Phi) is 4.74. The first kappa shape index (κ1) is 14.5. The Morgan fingerprint density at radius 3 is 2.75 bits per heavy atom. The molecule has 0 radical (unpaired) electrons. The molecule has 2 aromatic rings. The second-order valence-corrected chi connectivity index (χ2v) is 5.36. The summed E-state index contributed by atoms with van der Waals surface area (Å²) >= 11 is 1.41. The fourth-order valence-electron chi connectivity index (χ4n) is 1.90. The molecule has 5 heteroatoms. The van der Waals surface area contributed by atoms with Crippen LogP contribution in [0, 0.1) is 6.92 Å². The zero-order valence-electron chi connectivity index (χ0n) is 11.8. The van der Waals surface area contributed by atoms with Crippen LogP contribution in [0.5, 0.6) is 0 Å². The maximum Gasteiger partial charge on any atom is 0.412 e. The molecule has 0 saturated heterocycles. The lowest BCUT2D eigenvalue weighted by molar-refractivity contribution is 0.121. The second-order valence-electron chi connectivity index (χ2n) is 4.50. The maximum absolute atomic E-state index is 12.0. The number of benzene rings is 1. The first-order valence-corrected chi connectivity index (χ1v) is 7.37. The Hall–Kier alpha value is -1.88. The van der Waals surface area contributed by atoms with Crippen LogP contribution in [-0.4, -0.2) is 10.5 Å². The van der Waals surface area contributed by atoms with E-state index in [9.17, 15) is 4.79 Å². The van der Waals surface area contributed by atoms with E-state index in [0.717, 1.165) is 28.2 Å². The number of aryl methyl sites for hydroxylation is 2. The molecule has 20 heavy (non-hydrogen) atoms. The van der Waals surface area contributed by atoms with Gasteiger partial charge in [0.2, 0.25) is 0 Å². The topological polar surface area (TPSA) is 51.2 Å². The highest BCUT2D eigenvalue weighted by atomic mass is 32.1. The maximum atomic E-state index is 12.0. The van der Waals surface area contributed by atoms with Gasteiger partial charge in [-0.2, -0.15) is 4.37 Å². The number of anilines is 1. The molecule has 1 aromatic heterocycles. The molecule has 0 unspecified atom stereocenters. The van der Waals surface area contributed by atoms with E-state index in [4.69, 9.17) is 4.74 Å². The van der Waals surface area contributed by atoms with Crippen LogP contribution < -0.4 is 5.32 Å². The highest BCUT2D eigenvalue weighted by molar-refractivity contribution is 7.06. The van der Waals surface area contributed by atoms with Crippen molar-refractivity contribution in [2.75, 3.05) is 5.32 Å². The quantitative estimate of drug-likeness (QED) is 0.912. The zero-order valence-corrected chi connectivity index (χ0v) is 12.7. The average molecular weight is 290 g/mol. The fraction of sp³-hybridized carbons (Fsp3) is 0.333. The zero-order chi connectivity index (χ0) is 14.5. The lowest BCUT2D eigenvalue weighted by atomic mass is 10.1. The molecule has 0 aliphatic carbocycles. The lowest BCUT2D eigenvalue weighted by Crippen LogP contribution is -2.17. The van der Waals surface area contributed by atoms with Crippen molar-refractivity contribution in [1.29, 1.82) is 0 Å². The van der Waals surface area contributed by atoms with Crippen molar-refractivity contribution in [2.24, 2.45) is 0 Å². The van der Waals surface area contributed by atoms with Gasteiger partial charge in [0.25, 0.3) is 0 Å². The van der Waals surface area contributed by atoms with Gasteiger partial charge in [-0.25, -0.2) is 4.79 Å². The largest absolute Gasteiger partial charge is 0.441 e. The highest BCUT2D eigenvalue weighted by Gasteiger charge is 2.16. The summed E-state index contributed by atoms with van der Waals surface area (Å²) in [5, 5.41) is 2.80. The van der Waals surface area contributed by atoms with Gasteiger partial charge in [-0.05, 0) is 37.4 Å². The van der Waals surface area contributed by atoms with E-state index >= 15 is 0 Å². The molecule has 1 aromatic carbocycles. The minimum absolute atomic E-state index is 0.284. The number of carbonyl (C=O) groups excluding carboxylic acids is 1. The van der Waals surface area contributed by atoms with Gasteiger partial charge in [-0.1, -0.05) is 37.3 Å². The molecule has 0 aliphatic heterocycles. The number of aromatic nitrogens is 1. The molecule has 0 fully saturated rings. The third-order valence-corrected chi connectivity index (χ3v) is 4.11. The van der Waals surface area contributed by atoms with Crippen LogP contribution in [0.4, 0.5) is 10.5 Å². The predicted molar refractivity (Wildman–Crippen MR) is 81.2 cm³/mol. The number of amides is 1. The van der Waals surface area contributed by atoms with Crippen LogP contribution >= 0.6 is 11.5 Å². The molecule has 0 spiro atoms.